The highest BCUT2D eigenvalue weighted by Crippen LogP contribution is 2.53. The quantitative estimate of drug-likeness (QED) is 0.231. The molecule has 39 heavy (non-hydrogen) atoms. The molecule has 0 spiro atoms. The third-order valence-corrected chi connectivity index (χ3v) is 8.92. The summed E-state index contributed by atoms with van der Waals surface area (Å²) in [6.45, 7) is 0.265. The van der Waals surface area contributed by atoms with Crippen LogP contribution in [-0.4, -0.2) is 6.71 Å². The Labute approximate surface area is 229 Å². The first-order valence-electron chi connectivity index (χ1n) is 13.8. The molecule has 0 bridgehead atoms. The summed E-state index contributed by atoms with van der Waals surface area (Å²) in [7, 11) is 0. The Morgan fingerprint density at radius 3 is 1.36 bits per heavy atom. The van der Waals surface area contributed by atoms with Gasteiger partial charge in [0.05, 0.1) is 0 Å². The van der Waals surface area contributed by atoms with Gasteiger partial charge in [-0.3, -0.25) is 0 Å². The molecule has 2 nitrogen and oxygen atoms in total. The van der Waals surface area contributed by atoms with Crippen LogP contribution in [-0.2, 0) is 12.8 Å². The number of anilines is 4. The summed E-state index contributed by atoms with van der Waals surface area (Å²) in [5.74, 6) is 0. The van der Waals surface area contributed by atoms with Crippen molar-refractivity contribution < 1.29 is 0 Å². The fourth-order valence-corrected chi connectivity index (χ4v) is 7.46. The minimum atomic E-state index is 0.265. The highest BCUT2D eigenvalue weighted by molar-refractivity contribution is 6.91. The van der Waals surface area contributed by atoms with Crippen LogP contribution in [0.4, 0.5) is 22.7 Å². The molecule has 0 saturated heterocycles. The van der Waals surface area contributed by atoms with Gasteiger partial charge in [0, 0.05) is 45.3 Å². The van der Waals surface area contributed by atoms with E-state index in [4.69, 9.17) is 0 Å². The van der Waals surface area contributed by atoms with Gasteiger partial charge in [-0.05, 0) is 65.8 Å². The number of para-hydroxylation sites is 2. The van der Waals surface area contributed by atoms with Gasteiger partial charge in [0.15, 0.2) is 0 Å². The molecular weight excluding hydrogens is 471 g/mol. The van der Waals surface area contributed by atoms with Gasteiger partial charge in [-0.1, -0.05) is 102 Å². The maximum absolute atomic E-state index is 2.54. The summed E-state index contributed by atoms with van der Waals surface area (Å²) >= 11 is 0. The molecule has 2 heterocycles. The first-order valence-corrected chi connectivity index (χ1v) is 13.8. The van der Waals surface area contributed by atoms with Gasteiger partial charge in [-0.25, -0.2) is 0 Å². The predicted molar refractivity (Wildman–Crippen MR) is 163 cm³/mol. The molecule has 0 saturated carbocycles. The third-order valence-electron chi connectivity index (χ3n) is 8.92. The van der Waals surface area contributed by atoms with Crippen molar-refractivity contribution in [3.05, 3.63) is 161 Å². The maximum Gasteiger partial charge on any atom is 0.243 e. The van der Waals surface area contributed by atoms with Crippen molar-refractivity contribution in [2.75, 3.05) is 9.80 Å². The molecule has 0 amide bonds. The van der Waals surface area contributed by atoms with Crippen LogP contribution in [0.2, 0.25) is 0 Å². The van der Waals surface area contributed by atoms with Crippen molar-refractivity contribution in [1.29, 1.82) is 0 Å². The van der Waals surface area contributed by atoms with Gasteiger partial charge in [0.1, 0.15) is 0 Å². The number of nitrogens with zero attached hydrogens (tertiary/aromatic N) is 2. The highest BCUT2D eigenvalue weighted by atomic mass is 15.2. The highest BCUT2D eigenvalue weighted by Gasteiger charge is 2.49. The van der Waals surface area contributed by atoms with E-state index in [0.29, 0.717) is 0 Å². The molecular formula is C36H25BN2. The molecule has 3 heteroatoms. The molecule has 0 radical (unpaired) electrons. The van der Waals surface area contributed by atoms with Crippen molar-refractivity contribution in [1.82, 2.24) is 0 Å². The molecule has 0 unspecified atom stereocenters. The summed E-state index contributed by atoms with van der Waals surface area (Å²) in [6.07, 6.45) is 1.98. The van der Waals surface area contributed by atoms with E-state index in [0.717, 1.165) is 12.8 Å². The molecule has 182 valence electrons. The van der Waals surface area contributed by atoms with Gasteiger partial charge in [0.25, 0.3) is 0 Å². The van der Waals surface area contributed by atoms with Gasteiger partial charge < -0.3 is 9.80 Å². The molecule has 9 rings (SSSR count). The van der Waals surface area contributed by atoms with Crippen molar-refractivity contribution in [2.24, 2.45) is 0 Å². The summed E-state index contributed by atoms with van der Waals surface area (Å²) < 4.78 is 0. The van der Waals surface area contributed by atoms with Gasteiger partial charge in [0.2, 0.25) is 6.71 Å². The largest absolute Gasteiger partial charge is 0.311 e. The smallest absolute Gasteiger partial charge is 0.243 e. The number of hydrogen-bond donors (Lipinski definition) is 0. The van der Waals surface area contributed by atoms with Crippen LogP contribution in [0.3, 0.4) is 0 Å². The molecule has 0 fully saturated rings. The Morgan fingerprint density at radius 1 is 0.436 bits per heavy atom. The fourth-order valence-electron chi connectivity index (χ4n) is 7.46. The zero-order valence-corrected chi connectivity index (χ0v) is 21.5. The van der Waals surface area contributed by atoms with E-state index in [9.17, 15) is 0 Å². The van der Waals surface area contributed by atoms with Crippen molar-refractivity contribution in [3.63, 3.8) is 0 Å². The molecule has 5 aromatic rings. The molecule has 0 aromatic heterocycles. The summed E-state index contributed by atoms with van der Waals surface area (Å²) in [5.41, 5.74) is 17.9. The lowest BCUT2D eigenvalue weighted by atomic mass is 9.32. The van der Waals surface area contributed by atoms with Crippen LogP contribution in [0, 0.1) is 0 Å². The van der Waals surface area contributed by atoms with Crippen LogP contribution in [0.25, 0.3) is 11.4 Å². The first-order chi connectivity index (χ1) is 19.4. The maximum atomic E-state index is 2.54. The molecule has 4 aliphatic rings. The summed E-state index contributed by atoms with van der Waals surface area (Å²) in [4.78, 5) is 5.07. The Bertz CT molecular complexity index is 1740. The van der Waals surface area contributed by atoms with Crippen LogP contribution in [0.5, 0.6) is 0 Å². The van der Waals surface area contributed by atoms with E-state index in [2.05, 4.69) is 137 Å². The topological polar surface area (TPSA) is 6.48 Å². The average Bonchev–Trinajstić information content (AvgIpc) is 3.57. The van der Waals surface area contributed by atoms with Crippen LogP contribution in [0.1, 0.15) is 22.3 Å². The normalized spacial score (nSPS) is 16.2. The molecule has 2 aliphatic heterocycles. The van der Waals surface area contributed by atoms with E-state index in [1.807, 2.05) is 0 Å². The zero-order valence-electron chi connectivity index (χ0n) is 21.5. The fraction of sp³-hybridized carbons (Fsp3) is 0.0556. The van der Waals surface area contributed by atoms with Gasteiger partial charge in [-0.2, -0.15) is 0 Å². The molecule has 0 N–H and O–H groups in total. The van der Waals surface area contributed by atoms with E-state index in [-0.39, 0.29) is 6.71 Å². The lowest BCUT2D eigenvalue weighted by molar-refractivity contribution is 1.21. The average molecular weight is 496 g/mol. The monoisotopic (exact) mass is 496 g/mol. The lowest BCUT2D eigenvalue weighted by Crippen LogP contribution is -2.49. The second kappa shape index (κ2) is 7.88. The second-order valence-electron chi connectivity index (χ2n) is 10.9. The number of rotatable bonds is 2. The van der Waals surface area contributed by atoms with Crippen molar-refractivity contribution >= 4 is 46.3 Å². The Morgan fingerprint density at radius 2 is 0.872 bits per heavy atom. The van der Waals surface area contributed by atoms with Crippen molar-refractivity contribution in [2.45, 2.75) is 12.8 Å². The Kier molecular flexibility index (Phi) is 4.28. The zero-order chi connectivity index (χ0) is 25.5. The third kappa shape index (κ3) is 2.82. The second-order valence-corrected chi connectivity index (χ2v) is 10.9. The number of fused-ring (bicyclic) bond motifs is 6. The number of benzene rings is 5. The van der Waals surface area contributed by atoms with Gasteiger partial charge >= 0.3 is 0 Å². The standard InChI is InChI=1S/C36H25BN2/c1-3-14-26(15-4-1)38-32-20-11-21-33-34(32)37(30-22-24-12-7-9-18-28(24)35(30)38)31-23-25-13-8-10-19-29(25)36(31)39(33)27-16-5-2-6-17-27/h1-21H,22-23H2. The molecule has 0 atom stereocenters. The Hall–Kier alpha value is -4.76. The minimum absolute atomic E-state index is 0.265. The lowest BCUT2D eigenvalue weighted by Gasteiger charge is -2.44. The Balaban J connectivity index is 1.39. The summed E-state index contributed by atoms with van der Waals surface area (Å²) in [5, 5.41) is 0. The van der Waals surface area contributed by atoms with Gasteiger partial charge in [-0.15, -0.1) is 0 Å². The van der Waals surface area contributed by atoms with Crippen LogP contribution >= 0.6 is 0 Å². The van der Waals surface area contributed by atoms with Crippen molar-refractivity contribution in [3.8, 4) is 0 Å². The molecule has 2 aliphatic carbocycles. The van der Waals surface area contributed by atoms with Crippen LogP contribution < -0.4 is 15.3 Å². The first kappa shape index (κ1) is 21.2. The van der Waals surface area contributed by atoms with E-state index < -0.39 is 0 Å². The number of hydrogen-bond acceptors (Lipinski definition) is 2. The predicted octanol–water partition coefficient (Wildman–Crippen LogP) is 7.71. The summed E-state index contributed by atoms with van der Waals surface area (Å²) in [6, 6.07) is 46.8. The molecule has 5 aromatic carbocycles. The SMILES string of the molecule is c1ccc(N2C3=C(Cc4ccccc43)B3C4=C(c5ccccc5C4)N(c4ccccc4)c4cccc2c43)cc1. The van der Waals surface area contributed by atoms with E-state index in [1.54, 1.807) is 0 Å². The minimum Gasteiger partial charge on any atom is -0.311 e. The van der Waals surface area contributed by atoms with E-state index >= 15 is 0 Å². The van der Waals surface area contributed by atoms with Crippen LogP contribution in [0.15, 0.2) is 138 Å². The number of allylic oxidation sites excluding steroid dienone is 2. The van der Waals surface area contributed by atoms with E-state index in [1.165, 1.54) is 72.8 Å².